The third-order valence-corrected chi connectivity index (χ3v) is 13.4. The monoisotopic (exact) mass is 594 g/mol. The molecule has 218 valence electrons. The summed E-state index contributed by atoms with van der Waals surface area (Å²) in [5.74, 6) is 0.0293. The molecule has 0 N–H and O–H groups in total. The lowest BCUT2D eigenvalue weighted by Gasteiger charge is -2.40. The zero-order chi connectivity index (χ0) is 29.8. The van der Waals surface area contributed by atoms with Crippen LogP contribution in [0, 0.1) is 10.1 Å². The van der Waals surface area contributed by atoms with Crippen LogP contribution in [0.4, 0.5) is 5.69 Å². The number of methoxy groups -OCH3 is 1. The van der Waals surface area contributed by atoms with Crippen molar-refractivity contribution in [3.05, 3.63) is 92.2 Å². The van der Waals surface area contributed by atoms with Gasteiger partial charge in [0.15, 0.2) is 19.8 Å². The van der Waals surface area contributed by atoms with Crippen molar-refractivity contribution >= 4 is 36.8 Å². The fraction of sp³-hybridized carbons (Fsp3) is 0.387. The molecule has 1 amide bonds. The predicted molar refractivity (Wildman–Crippen MR) is 165 cm³/mol. The Kier molecular flexibility index (Phi) is 9.36. The van der Waals surface area contributed by atoms with Crippen molar-refractivity contribution in [2.75, 3.05) is 20.3 Å². The Morgan fingerprint density at radius 1 is 1.12 bits per heavy atom. The van der Waals surface area contributed by atoms with E-state index in [-0.39, 0.29) is 40.4 Å². The molecule has 1 atom stereocenters. The van der Waals surface area contributed by atoms with E-state index in [2.05, 4.69) is 39.9 Å². The van der Waals surface area contributed by atoms with Crippen molar-refractivity contribution < 1.29 is 23.6 Å². The normalized spacial score (nSPS) is 15.8. The van der Waals surface area contributed by atoms with Crippen LogP contribution in [0.25, 0.3) is 5.57 Å². The summed E-state index contributed by atoms with van der Waals surface area (Å²) < 4.78 is 18.0. The van der Waals surface area contributed by atoms with Crippen molar-refractivity contribution in [2.24, 2.45) is 0 Å². The summed E-state index contributed by atoms with van der Waals surface area (Å²) in [4.78, 5) is 28.6. The van der Waals surface area contributed by atoms with Crippen LogP contribution >= 0.6 is 11.3 Å². The summed E-state index contributed by atoms with van der Waals surface area (Å²) in [5.41, 5.74) is 1.70. The zero-order valence-electron chi connectivity index (χ0n) is 24.5. The Morgan fingerprint density at radius 3 is 2.46 bits per heavy atom. The van der Waals surface area contributed by atoms with Gasteiger partial charge in [0.25, 0.3) is 11.6 Å². The number of ether oxygens (including phenoxy) is 2. The maximum Gasteiger partial charge on any atom is 0.286 e. The first-order valence-corrected chi connectivity index (χ1v) is 17.4. The van der Waals surface area contributed by atoms with E-state index in [1.807, 2.05) is 47.9 Å². The lowest BCUT2D eigenvalue weighted by molar-refractivity contribution is -0.385. The van der Waals surface area contributed by atoms with E-state index in [4.69, 9.17) is 13.9 Å². The lowest BCUT2D eigenvalue weighted by Crippen LogP contribution is -2.49. The molecule has 2 heterocycles. The van der Waals surface area contributed by atoms with Gasteiger partial charge in [-0.3, -0.25) is 14.9 Å². The van der Waals surface area contributed by atoms with Crippen LogP contribution in [0.5, 0.6) is 11.5 Å². The number of nitrogens with zero attached hydrogens (tertiary/aromatic N) is 2. The lowest BCUT2D eigenvalue weighted by atomic mass is 9.98. The second kappa shape index (κ2) is 12.6. The van der Waals surface area contributed by atoms with Gasteiger partial charge in [-0.05, 0) is 47.1 Å². The maximum absolute atomic E-state index is 14.1. The van der Waals surface area contributed by atoms with Crippen molar-refractivity contribution in [1.29, 1.82) is 0 Å². The maximum atomic E-state index is 14.1. The van der Waals surface area contributed by atoms with Crippen LogP contribution in [0.2, 0.25) is 18.1 Å². The highest BCUT2D eigenvalue weighted by Crippen LogP contribution is 2.39. The molecule has 0 bridgehead atoms. The number of carbonyl (C=O) groups excluding carboxylic acids is 1. The fourth-order valence-corrected chi connectivity index (χ4v) is 6.24. The molecule has 0 radical (unpaired) electrons. The quantitative estimate of drug-likeness (QED) is 0.137. The molecule has 0 aliphatic carbocycles. The molecule has 0 fully saturated rings. The molecular weight excluding hydrogens is 557 g/mol. The second-order valence-corrected chi connectivity index (χ2v) is 17.4. The van der Waals surface area contributed by atoms with Crippen molar-refractivity contribution in [2.45, 2.75) is 58.0 Å². The van der Waals surface area contributed by atoms with E-state index in [1.165, 1.54) is 19.2 Å². The van der Waals surface area contributed by atoms with E-state index < -0.39 is 19.1 Å². The number of thiophene rings is 1. The van der Waals surface area contributed by atoms with Gasteiger partial charge in [0, 0.05) is 17.5 Å². The van der Waals surface area contributed by atoms with Crippen LogP contribution in [0.15, 0.2) is 66.1 Å². The largest absolute Gasteiger partial charge is 0.493 e. The van der Waals surface area contributed by atoms with Crippen molar-refractivity contribution in [1.82, 2.24) is 4.90 Å². The number of amides is 1. The number of hydrogen-bond acceptors (Lipinski definition) is 7. The summed E-state index contributed by atoms with van der Waals surface area (Å²) in [6.07, 6.45) is 2.64. The summed E-state index contributed by atoms with van der Waals surface area (Å²) in [5, 5.41) is 14.2. The van der Waals surface area contributed by atoms with Crippen LogP contribution in [0.1, 0.15) is 48.0 Å². The van der Waals surface area contributed by atoms with Gasteiger partial charge in [-0.2, -0.15) is 0 Å². The van der Waals surface area contributed by atoms with Gasteiger partial charge in [0.05, 0.1) is 30.7 Å². The zero-order valence-corrected chi connectivity index (χ0v) is 26.3. The number of benzene rings is 2. The minimum absolute atomic E-state index is 0.00462. The predicted octanol–water partition coefficient (Wildman–Crippen LogP) is 7.56. The number of nitro groups is 1. The van der Waals surface area contributed by atoms with E-state index in [9.17, 15) is 14.9 Å². The summed E-state index contributed by atoms with van der Waals surface area (Å²) in [6, 6.07) is 16.0. The highest BCUT2D eigenvalue weighted by molar-refractivity contribution is 7.11. The molecule has 10 heteroatoms. The molecule has 8 nitrogen and oxygen atoms in total. The Balaban J connectivity index is 1.66. The average molecular weight is 595 g/mol. The van der Waals surface area contributed by atoms with Gasteiger partial charge in [-0.1, -0.05) is 63.2 Å². The van der Waals surface area contributed by atoms with Gasteiger partial charge in [-0.25, -0.2) is 0 Å². The highest BCUT2D eigenvalue weighted by Gasteiger charge is 2.40. The number of rotatable bonds is 10. The smallest absolute Gasteiger partial charge is 0.286 e. The average Bonchev–Trinajstić information content (AvgIpc) is 3.49. The fourth-order valence-electron chi connectivity index (χ4n) is 4.42. The summed E-state index contributed by atoms with van der Waals surface area (Å²) in [6.45, 7) is 11.8. The van der Waals surface area contributed by atoms with Crippen molar-refractivity contribution in [3.63, 3.8) is 0 Å². The van der Waals surface area contributed by atoms with Crippen LogP contribution in [0.3, 0.4) is 0 Å². The van der Waals surface area contributed by atoms with E-state index in [0.717, 1.165) is 16.0 Å². The summed E-state index contributed by atoms with van der Waals surface area (Å²) >= 11 is 1.66. The van der Waals surface area contributed by atoms with Gasteiger partial charge < -0.3 is 18.8 Å². The Morgan fingerprint density at radius 2 is 1.85 bits per heavy atom. The van der Waals surface area contributed by atoms with Crippen LogP contribution in [-0.4, -0.2) is 50.4 Å². The summed E-state index contributed by atoms with van der Waals surface area (Å²) in [7, 11) is -0.653. The molecule has 2 aromatic carbocycles. The van der Waals surface area contributed by atoms with E-state index in [1.54, 1.807) is 16.2 Å². The third kappa shape index (κ3) is 7.06. The molecule has 41 heavy (non-hydrogen) atoms. The molecule has 4 rings (SSSR count). The Hall–Kier alpha value is -3.47. The van der Waals surface area contributed by atoms with E-state index in [0.29, 0.717) is 19.6 Å². The van der Waals surface area contributed by atoms with Gasteiger partial charge >= 0.3 is 0 Å². The molecule has 0 saturated heterocycles. The van der Waals surface area contributed by atoms with E-state index >= 15 is 0 Å². The van der Waals surface area contributed by atoms with Gasteiger partial charge in [0.1, 0.15) is 12.2 Å². The van der Waals surface area contributed by atoms with Gasteiger partial charge in [0.2, 0.25) is 0 Å². The molecule has 0 spiro atoms. The number of carbonyl (C=O) groups is 1. The standard InChI is InChI=1S/C31H38N2O6SSi/c1-31(2,3)41(5,6)39-21-24-17-23(29-13-10-16-40-29)14-15-32(24)30(34)25-18-27(37-4)28(19-26(25)33(35)36)38-20-22-11-8-7-9-12-22/h7-14,16,18-19,24H,15,17,20-21H2,1-6H3/t24-/m0/s1. The molecule has 0 unspecified atom stereocenters. The molecule has 1 aliphatic heterocycles. The first-order valence-electron chi connectivity index (χ1n) is 13.6. The Bertz CT molecular complexity index is 1400. The van der Waals surface area contributed by atoms with Crippen LogP contribution in [-0.2, 0) is 11.0 Å². The SMILES string of the molecule is COc1cc(C(=O)N2CC=C(c3cccs3)C[C@H]2CO[Si](C)(C)C(C)(C)C)c([N+](=O)[O-])cc1OCc1ccccc1. The highest BCUT2D eigenvalue weighted by atomic mass is 32.1. The van der Waals surface area contributed by atoms with Gasteiger partial charge in [-0.15, -0.1) is 11.3 Å². The Labute approximate surface area is 246 Å². The first kappa shape index (κ1) is 30.5. The van der Waals surface area contributed by atoms with Crippen LogP contribution < -0.4 is 9.47 Å². The molecule has 1 aromatic heterocycles. The minimum atomic E-state index is -2.11. The molecule has 3 aromatic rings. The molecule has 0 saturated carbocycles. The number of nitro benzene ring substituents is 1. The second-order valence-electron chi connectivity index (χ2n) is 11.6. The van der Waals surface area contributed by atoms with Crippen molar-refractivity contribution in [3.8, 4) is 11.5 Å². The molecular formula is C31H38N2O6SSi. The topological polar surface area (TPSA) is 91.1 Å². The first-order chi connectivity index (χ1) is 19.4. The third-order valence-electron chi connectivity index (χ3n) is 7.92. The number of hydrogen-bond donors (Lipinski definition) is 0. The minimum Gasteiger partial charge on any atom is -0.493 e. The molecule has 1 aliphatic rings.